The molecule has 0 unspecified atom stereocenters. The lowest BCUT2D eigenvalue weighted by molar-refractivity contribution is -0.137. The van der Waals surface area contributed by atoms with Crippen molar-refractivity contribution in [2.45, 2.75) is 12.7 Å². The summed E-state index contributed by atoms with van der Waals surface area (Å²) in [5.41, 5.74) is 5.42. The van der Waals surface area contributed by atoms with Gasteiger partial charge in [-0.25, -0.2) is 0 Å². The summed E-state index contributed by atoms with van der Waals surface area (Å²) in [7, 11) is 0. The monoisotopic (exact) mass is 285 g/mol. The van der Waals surface area contributed by atoms with E-state index in [-0.39, 0.29) is 18.1 Å². The highest BCUT2D eigenvalue weighted by atomic mass is 19.4. The molecule has 0 saturated heterocycles. The zero-order chi connectivity index (χ0) is 14.8. The largest absolute Gasteiger partial charge is 0.419 e. The number of pyridine rings is 1. The highest BCUT2D eigenvalue weighted by molar-refractivity contribution is 5.95. The average molecular weight is 285 g/mol. The van der Waals surface area contributed by atoms with Gasteiger partial charge in [0.05, 0.1) is 18.3 Å². The van der Waals surface area contributed by atoms with Gasteiger partial charge in [0.25, 0.3) is 0 Å². The standard InChI is InChI=1S/C11H10F3N5O/c12-11(13,14)8-4-17-19(6-8)5-7-1-2-16-9(3-7)10(15)18-20/h1-4,6,20H,5H2,(H2,15,18). The van der Waals surface area contributed by atoms with E-state index in [4.69, 9.17) is 10.9 Å². The molecule has 0 aliphatic heterocycles. The minimum Gasteiger partial charge on any atom is -0.409 e. The van der Waals surface area contributed by atoms with Crippen LogP contribution in [-0.2, 0) is 12.7 Å². The maximum absolute atomic E-state index is 12.4. The first-order valence-corrected chi connectivity index (χ1v) is 5.42. The van der Waals surface area contributed by atoms with Crippen molar-refractivity contribution in [1.29, 1.82) is 0 Å². The minimum atomic E-state index is -4.42. The molecule has 2 rings (SSSR count). The number of rotatable bonds is 3. The van der Waals surface area contributed by atoms with Gasteiger partial charge in [-0.15, -0.1) is 0 Å². The van der Waals surface area contributed by atoms with E-state index in [2.05, 4.69) is 15.2 Å². The van der Waals surface area contributed by atoms with Crippen LogP contribution < -0.4 is 5.73 Å². The Kier molecular flexibility index (Phi) is 3.59. The van der Waals surface area contributed by atoms with E-state index < -0.39 is 11.7 Å². The summed E-state index contributed by atoms with van der Waals surface area (Å²) in [6.45, 7) is 0.115. The van der Waals surface area contributed by atoms with Gasteiger partial charge in [0.2, 0.25) is 0 Å². The van der Waals surface area contributed by atoms with Crippen LogP contribution >= 0.6 is 0 Å². The van der Waals surface area contributed by atoms with Gasteiger partial charge in [0, 0.05) is 12.4 Å². The van der Waals surface area contributed by atoms with Crippen molar-refractivity contribution in [3.8, 4) is 0 Å². The Morgan fingerprint density at radius 2 is 2.20 bits per heavy atom. The zero-order valence-electron chi connectivity index (χ0n) is 10.0. The number of oxime groups is 1. The summed E-state index contributed by atoms with van der Waals surface area (Å²) in [6, 6.07) is 3.10. The topological polar surface area (TPSA) is 89.3 Å². The zero-order valence-corrected chi connectivity index (χ0v) is 10.0. The SMILES string of the molecule is NC(=NO)c1cc(Cn2cc(C(F)(F)F)cn2)ccn1. The Morgan fingerprint density at radius 1 is 1.45 bits per heavy atom. The van der Waals surface area contributed by atoms with Crippen molar-refractivity contribution < 1.29 is 18.4 Å². The van der Waals surface area contributed by atoms with Crippen LogP contribution in [0.15, 0.2) is 35.9 Å². The van der Waals surface area contributed by atoms with Crippen LogP contribution in [0.3, 0.4) is 0 Å². The van der Waals surface area contributed by atoms with Crippen LogP contribution in [-0.4, -0.2) is 25.8 Å². The predicted octanol–water partition coefficient (Wildman–Crippen LogP) is 1.44. The van der Waals surface area contributed by atoms with E-state index in [1.807, 2.05) is 0 Å². The molecule has 0 saturated carbocycles. The lowest BCUT2D eigenvalue weighted by Gasteiger charge is -2.04. The Labute approximate surface area is 111 Å². The molecule has 0 bridgehead atoms. The first-order valence-electron chi connectivity index (χ1n) is 5.42. The molecular formula is C11H10F3N5O. The van der Waals surface area contributed by atoms with Gasteiger partial charge >= 0.3 is 6.18 Å². The van der Waals surface area contributed by atoms with Crippen LogP contribution in [0.5, 0.6) is 0 Å². The fraction of sp³-hybridized carbons (Fsp3) is 0.182. The molecule has 0 aliphatic rings. The molecule has 6 nitrogen and oxygen atoms in total. The lowest BCUT2D eigenvalue weighted by Crippen LogP contribution is -2.15. The summed E-state index contributed by atoms with van der Waals surface area (Å²) < 4.78 is 38.4. The fourth-order valence-electron chi connectivity index (χ4n) is 1.55. The third-order valence-electron chi connectivity index (χ3n) is 2.50. The first-order chi connectivity index (χ1) is 9.40. The van der Waals surface area contributed by atoms with Gasteiger partial charge in [0.1, 0.15) is 5.69 Å². The molecule has 3 N–H and O–H groups in total. The lowest BCUT2D eigenvalue weighted by atomic mass is 10.2. The highest BCUT2D eigenvalue weighted by Gasteiger charge is 2.32. The third-order valence-corrected chi connectivity index (χ3v) is 2.50. The van der Waals surface area contributed by atoms with Crippen LogP contribution in [0.25, 0.3) is 0 Å². The van der Waals surface area contributed by atoms with Crippen molar-refractivity contribution in [3.05, 3.63) is 47.5 Å². The number of nitrogens with two attached hydrogens (primary N) is 1. The summed E-state index contributed by atoms with van der Waals surface area (Å²) in [5, 5.41) is 15.0. The van der Waals surface area contributed by atoms with Crippen molar-refractivity contribution in [2.75, 3.05) is 0 Å². The molecule has 0 amide bonds. The van der Waals surface area contributed by atoms with E-state index in [0.29, 0.717) is 5.56 Å². The van der Waals surface area contributed by atoms with Crippen molar-refractivity contribution in [2.24, 2.45) is 10.9 Å². The second kappa shape index (κ2) is 5.19. The molecule has 0 aromatic carbocycles. The van der Waals surface area contributed by atoms with E-state index in [0.717, 1.165) is 17.1 Å². The Hall–Kier alpha value is -2.58. The number of hydrogen-bond acceptors (Lipinski definition) is 4. The molecule has 0 aliphatic carbocycles. The first kappa shape index (κ1) is 13.8. The minimum absolute atomic E-state index is 0.115. The number of aromatic nitrogens is 3. The van der Waals surface area contributed by atoms with Crippen molar-refractivity contribution in [3.63, 3.8) is 0 Å². The second-order valence-corrected chi connectivity index (χ2v) is 3.96. The maximum Gasteiger partial charge on any atom is 0.419 e. The third kappa shape index (κ3) is 3.05. The van der Waals surface area contributed by atoms with Gasteiger partial charge < -0.3 is 10.9 Å². The van der Waals surface area contributed by atoms with Gasteiger partial charge in [-0.05, 0) is 17.7 Å². The summed E-state index contributed by atoms with van der Waals surface area (Å²) in [4.78, 5) is 3.87. The van der Waals surface area contributed by atoms with Gasteiger partial charge in [-0.2, -0.15) is 18.3 Å². The number of halogens is 3. The van der Waals surface area contributed by atoms with Crippen molar-refractivity contribution >= 4 is 5.84 Å². The average Bonchev–Trinajstić information content (AvgIpc) is 2.86. The number of amidine groups is 1. The second-order valence-electron chi connectivity index (χ2n) is 3.96. The van der Waals surface area contributed by atoms with Crippen molar-refractivity contribution in [1.82, 2.24) is 14.8 Å². The van der Waals surface area contributed by atoms with Gasteiger partial charge in [-0.1, -0.05) is 5.16 Å². The Morgan fingerprint density at radius 3 is 2.80 bits per heavy atom. The quantitative estimate of drug-likeness (QED) is 0.386. The maximum atomic E-state index is 12.4. The summed E-state index contributed by atoms with van der Waals surface area (Å²) >= 11 is 0. The fourth-order valence-corrected chi connectivity index (χ4v) is 1.55. The van der Waals surface area contributed by atoms with E-state index >= 15 is 0 Å². The molecule has 0 spiro atoms. The number of nitrogens with zero attached hydrogens (tertiary/aromatic N) is 4. The highest BCUT2D eigenvalue weighted by Crippen LogP contribution is 2.28. The molecule has 0 fully saturated rings. The molecule has 20 heavy (non-hydrogen) atoms. The van der Waals surface area contributed by atoms with Gasteiger partial charge in [0.15, 0.2) is 5.84 Å². The molecule has 2 heterocycles. The van der Waals surface area contributed by atoms with Crippen LogP contribution in [0.1, 0.15) is 16.8 Å². The molecule has 2 aromatic rings. The predicted molar refractivity (Wildman–Crippen MR) is 63.1 cm³/mol. The van der Waals surface area contributed by atoms with Gasteiger partial charge in [-0.3, -0.25) is 9.67 Å². The van der Waals surface area contributed by atoms with E-state index in [1.165, 1.54) is 12.3 Å². The molecule has 9 heteroatoms. The van der Waals surface area contributed by atoms with E-state index in [1.54, 1.807) is 6.07 Å². The van der Waals surface area contributed by atoms with Crippen LogP contribution in [0.4, 0.5) is 13.2 Å². The molecule has 0 radical (unpaired) electrons. The Balaban J connectivity index is 2.20. The van der Waals surface area contributed by atoms with E-state index in [9.17, 15) is 13.2 Å². The number of hydrogen-bond donors (Lipinski definition) is 2. The molecule has 0 atom stereocenters. The molecule has 106 valence electrons. The van der Waals surface area contributed by atoms with Crippen LogP contribution in [0.2, 0.25) is 0 Å². The normalized spacial score (nSPS) is 12.7. The smallest absolute Gasteiger partial charge is 0.409 e. The molecule has 2 aromatic heterocycles. The molecular weight excluding hydrogens is 275 g/mol. The Bertz CT molecular complexity index is 635. The van der Waals surface area contributed by atoms with Crippen LogP contribution in [0, 0.1) is 0 Å². The summed E-state index contributed by atoms with van der Waals surface area (Å²) in [6.07, 6.45) is -1.35. The number of alkyl halides is 3. The summed E-state index contributed by atoms with van der Waals surface area (Å²) in [5.74, 6) is -0.178.